The highest BCUT2D eigenvalue weighted by atomic mass is 15.3. The van der Waals surface area contributed by atoms with Crippen molar-refractivity contribution in [3.8, 4) is 0 Å². The van der Waals surface area contributed by atoms with Gasteiger partial charge in [-0.2, -0.15) is 5.10 Å². The van der Waals surface area contributed by atoms with Crippen LogP contribution in [0.3, 0.4) is 0 Å². The van der Waals surface area contributed by atoms with E-state index in [9.17, 15) is 0 Å². The lowest BCUT2D eigenvalue weighted by molar-refractivity contribution is 0.560. The highest BCUT2D eigenvalue weighted by molar-refractivity contribution is 5.42. The second-order valence-corrected chi connectivity index (χ2v) is 4.52. The predicted octanol–water partition coefficient (Wildman–Crippen LogP) is 2.91. The van der Waals surface area contributed by atoms with Crippen molar-refractivity contribution in [2.24, 2.45) is 0 Å². The highest BCUT2D eigenvalue weighted by Gasteiger charge is 2.06. The van der Waals surface area contributed by atoms with Gasteiger partial charge in [-0.05, 0) is 18.6 Å². The Hall–Kier alpha value is -1.84. The van der Waals surface area contributed by atoms with Crippen molar-refractivity contribution < 1.29 is 0 Å². The number of nitrogens with zero attached hydrogens (tertiary/aromatic N) is 3. The summed E-state index contributed by atoms with van der Waals surface area (Å²) in [6.07, 6.45) is 2.90. The Morgan fingerprint density at radius 3 is 2.58 bits per heavy atom. The predicted molar refractivity (Wildman–Crippen MR) is 78.3 cm³/mol. The van der Waals surface area contributed by atoms with Crippen molar-refractivity contribution in [1.29, 1.82) is 0 Å². The van der Waals surface area contributed by atoms with E-state index < -0.39 is 0 Å². The first-order valence-electron chi connectivity index (χ1n) is 7.05. The molecule has 2 aromatic rings. The fourth-order valence-electron chi connectivity index (χ4n) is 2.03. The van der Waals surface area contributed by atoms with Crippen LogP contribution in [-0.4, -0.2) is 21.3 Å². The van der Waals surface area contributed by atoms with E-state index in [0.29, 0.717) is 0 Å². The van der Waals surface area contributed by atoms with Gasteiger partial charge in [-0.15, -0.1) is 0 Å². The molecule has 1 N–H and O–H groups in total. The molecule has 0 aliphatic rings. The van der Waals surface area contributed by atoms with Gasteiger partial charge in [-0.1, -0.05) is 32.0 Å². The number of hydrogen-bond donors (Lipinski definition) is 1. The molecule has 0 bridgehead atoms. The van der Waals surface area contributed by atoms with Gasteiger partial charge in [0.1, 0.15) is 5.82 Å². The third-order valence-electron chi connectivity index (χ3n) is 3.07. The Kier molecular flexibility index (Phi) is 4.95. The van der Waals surface area contributed by atoms with Crippen LogP contribution in [0.25, 0.3) is 0 Å². The van der Waals surface area contributed by atoms with Crippen molar-refractivity contribution >= 4 is 5.69 Å². The van der Waals surface area contributed by atoms with Crippen molar-refractivity contribution in [2.45, 2.75) is 39.7 Å². The van der Waals surface area contributed by atoms with Gasteiger partial charge in [0.15, 0.2) is 5.82 Å². The largest absolute Gasteiger partial charge is 0.385 e. The Morgan fingerprint density at radius 2 is 1.89 bits per heavy atom. The summed E-state index contributed by atoms with van der Waals surface area (Å²) >= 11 is 0. The number of rotatable bonds is 7. The lowest BCUT2D eigenvalue weighted by atomic mass is 10.3. The molecular weight excluding hydrogens is 236 g/mol. The van der Waals surface area contributed by atoms with E-state index in [1.807, 2.05) is 22.9 Å². The van der Waals surface area contributed by atoms with Crippen LogP contribution in [0.4, 0.5) is 5.69 Å². The molecular formula is C15H22N4. The van der Waals surface area contributed by atoms with E-state index in [4.69, 9.17) is 0 Å². The molecule has 0 aliphatic heterocycles. The lowest BCUT2D eigenvalue weighted by Crippen LogP contribution is -2.10. The van der Waals surface area contributed by atoms with Gasteiger partial charge in [0.25, 0.3) is 0 Å². The molecule has 0 saturated carbocycles. The number of nitrogens with one attached hydrogen (secondary N) is 1. The topological polar surface area (TPSA) is 42.7 Å². The number of aryl methyl sites for hydroxylation is 3. The number of aromatic nitrogens is 3. The summed E-state index contributed by atoms with van der Waals surface area (Å²) in [4.78, 5) is 4.52. The summed E-state index contributed by atoms with van der Waals surface area (Å²) in [5.41, 5.74) is 1.17. The quantitative estimate of drug-likeness (QED) is 0.776. The first-order chi connectivity index (χ1) is 9.33. The smallest absolute Gasteiger partial charge is 0.150 e. The zero-order chi connectivity index (χ0) is 13.5. The van der Waals surface area contributed by atoms with E-state index in [1.54, 1.807) is 0 Å². The normalized spacial score (nSPS) is 10.6. The molecule has 19 heavy (non-hydrogen) atoms. The molecule has 0 spiro atoms. The Balaban J connectivity index is 1.81. The van der Waals surface area contributed by atoms with Crippen LogP contribution in [0.5, 0.6) is 0 Å². The molecule has 0 amide bonds. The minimum atomic E-state index is 0.905. The molecule has 1 heterocycles. The lowest BCUT2D eigenvalue weighted by Gasteiger charge is -2.07. The Labute approximate surface area is 114 Å². The van der Waals surface area contributed by atoms with Crippen LogP contribution >= 0.6 is 0 Å². The SMILES string of the molecule is CCc1nc(CC)n(CCCNc2ccccc2)n1. The van der Waals surface area contributed by atoms with Gasteiger partial charge in [0.05, 0.1) is 0 Å². The summed E-state index contributed by atoms with van der Waals surface area (Å²) in [5, 5.41) is 7.93. The molecule has 1 aromatic carbocycles. The molecule has 4 heteroatoms. The minimum absolute atomic E-state index is 0.905. The van der Waals surface area contributed by atoms with Crippen molar-refractivity contribution in [2.75, 3.05) is 11.9 Å². The minimum Gasteiger partial charge on any atom is -0.385 e. The summed E-state index contributed by atoms with van der Waals surface area (Å²) in [5.74, 6) is 2.05. The van der Waals surface area contributed by atoms with Gasteiger partial charge in [0.2, 0.25) is 0 Å². The summed E-state index contributed by atoms with van der Waals surface area (Å²) < 4.78 is 2.05. The molecule has 102 valence electrons. The van der Waals surface area contributed by atoms with Gasteiger partial charge in [-0.3, -0.25) is 0 Å². The fourth-order valence-corrected chi connectivity index (χ4v) is 2.03. The molecule has 0 atom stereocenters. The van der Waals surface area contributed by atoms with E-state index in [1.165, 1.54) is 5.69 Å². The standard InChI is InChI=1S/C15H22N4/c1-3-14-17-15(4-2)19(18-14)12-8-11-16-13-9-6-5-7-10-13/h5-7,9-10,16H,3-4,8,11-12H2,1-2H3. The molecule has 0 fully saturated rings. The van der Waals surface area contributed by atoms with Crippen LogP contribution in [0.2, 0.25) is 0 Å². The Morgan fingerprint density at radius 1 is 1.11 bits per heavy atom. The van der Waals surface area contributed by atoms with E-state index >= 15 is 0 Å². The van der Waals surface area contributed by atoms with Crippen LogP contribution in [0.1, 0.15) is 31.9 Å². The average Bonchev–Trinajstić information content (AvgIpc) is 2.87. The second-order valence-electron chi connectivity index (χ2n) is 4.52. The molecule has 0 radical (unpaired) electrons. The van der Waals surface area contributed by atoms with Crippen LogP contribution < -0.4 is 5.32 Å². The monoisotopic (exact) mass is 258 g/mol. The Bertz CT molecular complexity index is 490. The highest BCUT2D eigenvalue weighted by Crippen LogP contribution is 2.06. The van der Waals surface area contributed by atoms with E-state index in [2.05, 4.69) is 41.4 Å². The fraction of sp³-hybridized carbons (Fsp3) is 0.467. The maximum Gasteiger partial charge on any atom is 0.150 e. The zero-order valence-electron chi connectivity index (χ0n) is 11.8. The summed E-state index contributed by atoms with van der Waals surface area (Å²) in [6.45, 7) is 6.10. The maximum absolute atomic E-state index is 4.52. The van der Waals surface area contributed by atoms with Crippen molar-refractivity contribution in [3.05, 3.63) is 42.0 Å². The van der Waals surface area contributed by atoms with E-state index in [0.717, 1.165) is 44.0 Å². The summed E-state index contributed by atoms with van der Waals surface area (Å²) in [6, 6.07) is 10.3. The van der Waals surface area contributed by atoms with Crippen LogP contribution in [0.15, 0.2) is 30.3 Å². The van der Waals surface area contributed by atoms with Crippen LogP contribution in [0, 0.1) is 0 Å². The van der Waals surface area contributed by atoms with Gasteiger partial charge in [-0.25, -0.2) is 9.67 Å². The third-order valence-corrected chi connectivity index (χ3v) is 3.07. The molecule has 0 saturated heterocycles. The van der Waals surface area contributed by atoms with Gasteiger partial charge in [0, 0.05) is 31.6 Å². The van der Waals surface area contributed by atoms with Crippen molar-refractivity contribution in [1.82, 2.24) is 14.8 Å². The number of para-hydroxylation sites is 1. The number of anilines is 1. The van der Waals surface area contributed by atoms with Gasteiger partial charge < -0.3 is 5.32 Å². The first-order valence-corrected chi connectivity index (χ1v) is 7.05. The third kappa shape index (κ3) is 3.81. The molecule has 2 rings (SSSR count). The zero-order valence-corrected chi connectivity index (χ0v) is 11.8. The van der Waals surface area contributed by atoms with Crippen molar-refractivity contribution in [3.63, 3.8) is 0 Å². The molecule has 4 nitrogen and oxygen atoms in total. The number of benzene rings is 1. The van der Waals surface area contributed by atoms with Crippen LogP contribution in [-0.2, 0) is 19.4 Å². The number of hydrogen-bond acceptors (Lipinski definition) is 3. The maximum atomic E-state index is 4.52. The first kappa shape index (κ1) is 13.6. The summed E-state index contributed by atoms with van der Waals surface area (Å²) in [7, 11) is 0. The average molecular weight is 258 g/mol. The van der Waals surface area contributed by atoms with E-state index in [-0.39, 0.29) is 0 Å². The molecule has 1 aromatic heterocycles. The van der Waals surface area contributed by atoms with Gasteiger partial charge >= 0.3 is 0 Å². The molecule has 0 aliphatic carbocycles. The molecule has 0 unspecified atom stereocenters. The second kappa shape index (κ2) is 6.92.